The minimum atomic E-state index is -3.19. The Morgan fingerprint density at radius 1 is 1.43 bits per heavy atom. The van der Waals surface area contributed by atoms with Gasteiger partial charge in [0.05, 0.1) is 13.2 Å². The molecule has 0 aliphatic heterocycles. The van der Waals surface area contributed by atoms with E-state index < -0.39 is 7.75 Å². The van der Waals surface area contributed by atoms with Crippen molar-refractivity contribution in [2.45, 2.75) is 13.8 Å². The highest BCUT2D eigenvalue weighted by atomic mass is 31.2. The fourth-order valence-corrected chi connectivity index (χ4v) is 2.06. The Labute approximate surface area is 83.0 Å². The molecule has 1 N–H and O–H groups in total. The van der Waals surface area contributed by atoms with Crippen LogP contribution in [0.15, 0.2) is 5.11 Å². The van der Waals surface area contributed by atoms with Crippen LogP contribution in [-0.4, -0.2) is 26.3 Å². The third-order valence-corrected chi connectivity index (χ3v) is 2.99. The molecule has 0 fully saturated rings. The summed E-state index contributed by atoms with van der Waals surface area (Å²) in [5.74, 6) is 0. The summed E-state index contributed by atoms with van der Waals surface area (Å²) in [6.07, 6.45) is 0. The van der Waals surface area contributed by atoms with Gasteiger partial charge in [0.2, 0.25) is 0 Å². The molecule has 0 aliphatic rings. The SMILES string of the molecule is CCOP(=O)(NCCN=[N+]=[N-])OCC. The van der Waals surface area contributed by atoms with Gasteiger partial charge in [-0.25, -0.2) is 9.65 Å². The molecule has 0 aliphatic carbocycles. The lowest BCUT2D eigenvalue weighted by Gasteiger charge is -2.16. The topological polar surface area (TPSA) is 96.3 Å². The maximum absolute atomic E-state index is 11.7. The van der Waals surface area contributed by atoms with Crippen LogP contribution in [0.4, 0.5) is 0 Å². The van der Waals surface area contributed by atoms with Crippen LogP contribution in [0.5, 0.6) is 0 Å². The van der Waals surface area contributed by atoms with Crippen molar-refractivity contribution in [3.8, 4) is 0 Å². The Kier molecular flexibility index (Phi) is 7.47. The third-order valence-electron chi connectivity index (χ3n) is 1.18. The van der Waals surface area contributed by atoms with Gasteiger partial charge in [0.15, 0.2) is 0 Å². The molecule has 0 heterocycles. The molecule has 0 spiro atoms. The maximum Gasteiger partial charge on any atom is 0.405 e. The van der Waals surface area contributed by atoms with Crippen molar-refractivity contribution in [3.63, 3.8) is 0 Å². The van der Waals surface area contributed by atoms with E-state index in [1.807, 2.05) is 0 Å². The number of nitrogens with zero attached hydrogens (tertiary/aromatic N) is 3. The molecule has 0 bridgehead atoms. The highest BCUT2D eigenvalue weighted by Crippen LogP contribution is 2.42. The van der Waals surface area contributed by atoms with E-state index in [1.165, 1.54) is 0 Å². The van der Waals surface area contributed by atoms with Crippen LogP contribution < -0.4 is 5.09 Å². The predicted octanol–water partition coefficient (Wildman–Crippen LogP) is 2.07. The first-order valence-corrected chi connectivity index (χ1v) is 5.88. The second kappa shape index (κ2) is 7.79. The summed E-state index contributed by atoms with van der Waals surface area (Å²) in [4.78, 5) is 2.56. The zero-order chi connectivity index (χ0) is 10.9. The van der Waals surface area contributed by atoms with Crippen molar-refractivity contribution in [2.24, 2.45) is 5.11 Å². The van der Waals surface area contributed by atoms with E-state index in [1.54, 1.807) is 13.8 Å². The van der Waals surface area contributed by atoms with E-state index in [9.17, 15) is 4.57 Å². The second-order valence-electron chi connectivity index (χ2n) is 2.20. The van der Waals surface area contributed by atoms with E-state index in [2.05, 4.69) is 15.1 Å². The number of hydrogen-bond acceptors (Lipinski definition) is 4. The van der Waals surface area contributed by atoms with Gasteiger partial charge < -0.3 is 0 Å². The molecule has 14 heavy (non-hydrogen) atoms. The average Bonchev–Trinajstić information content (AvgIpc) is 2.13. The average molecular weight is 222 g/mol. The third kappa shape index (κ3) is 5.96. The normalized spacial score (nSPS) is 11.0. The summed E-state index contributed by atoms with van der Waals surface area (Å²) in [5.41, 5.74) is 8.00. The van der Waals surface area contributed by atoms with E-state index in [0.717, 1.165) is 0 Å². The monoisotopic (exact) mass is 222 g/mol. The Morgan fingerprint density at radius 2 is 2.00 bits per heavy atom. The second-order valence-corrected chi connectivity index (χ2v) is 4.02. The Bertz CT molecular complexity index is 231. The Morgan fingerprint density at radius 3 is 2.43 bits per heavy atom. The van der Waals surface area contributed by atoms with Crippen LogP contribution in [0.1, 0.15) is 13.8 Å². The largest absolute Gasteiger partial charge is 0.405 e. The zero-order valence-electron chi connectivity index (χ0n) is 8.34. The molecule has 0 amide bonds. The lowest BCUT2D eigenvalue weighted by atomic mass is 10.7. The number of nitrogens with one attached hydrogen (secondary N) is 1. The van der Waals surface area contributed by atoms with Crippen LogP contribution in [-0.2, 0) is 13.6 Å². The van der Waals surface area contributed by atoms with Crippen LogP contribution in [0.3, 0.4) is 0 Å². The van der Waals surface area contributed by atoms with Crippen molar-refractivity contribution in [2.75, 3.05) is 26.3 Å². The molecule has 0 saturated heterocycles. The van der Waals surface area contributed by atoms with E-state index >= 15 is 0 Å². The minimum Gasteiger partial charge on any atom is -0.297 e. The van der Waals surface area contributed by atoms with Crippen molar-refractivity contribution >= 4 is 7.75 Å². The van der Waals surface area contributed by atoms with E-state index in [0.29, 0.717) is 13.2 Å². The molecular weight excluding hydrogens is 207 g/mol. The molecule has 0 atom stereocenters. The smallest absolute Gasteiger partial charge is 0.297 e. The zero-order valence-corrected chi connectivity index (χ0v) is 9.24. The van der Waals surface area contributed by atoms with Gasteiger partial charge in [-0.1, -0.05) is 5.11 Å². The number of rotatable bonds is 8. The molecular formula is C6H15N4O3P. The summed E-state index contributed by atoms with van der Waals surface area (Å²) in [5, 5.41) is 5.86. The lowest BCUT2D eigenvalue weighted by molar-refractivity contribution is 0.211. The van der Waals surface area contributed by atoms with Gasteiger partial charge in [-0.2, -0.15) is 0 Å². The standard InChI is InChI=1S/C6H15N4O3P/c1-3-12-14(11,13-4-2)9-6-5-8-10-7/h3-6H2,1-2H3,(H,9,11). The quantitative estimate of drug-likeness (QED) is 0.223. The minimum absolute atomic E-state index is 0.209. The molecule has 0 aromatic carbocycles. The lowest BCUT2D eigenvalue weighted by Crippen LogP contribution is -2.18. The van der Waals surface area contributed by atoms with Crippen LogP contribution in [0.25, 0.3) is 10.4 Å². The molecule has 0 saturated carbocycles. The maximum atomic E-state index is 11.7. The predicted molar refractivity (Wildman–Crippen MR) is 52.9 cm³/mol. The molecule has 7 nitrogen and oxygen atoms in total. The van der Waals surface area contributed by atoms with Gasteiger partial charge in [-0.3, -0.25) is 9.05 Å². The van der Waals surface area contributed by atoms with E-state index in [-0.39, 0.29) is 13.1 Å². The summed E-state index contributed by atoms with van der Waals surface area (Å²) < 4.78 is 21.6. The van der Waals surface area contributed by atoms with Gasteiger partial charge in [-0.15, -0.1) is 0 Å². The van der Waals surface area contributed by atoms with Crippen molar-refractivity contribution in [3.05, 3.63) is 10.4 Å². The first kappa shape index (κ1) is 13.4. The van der Waals surface area contributed by atoms with Gasteiger partial charge >= 0.3 is 7.75 Å². The molecule has 82 valence electrons. The fraction of sp³-hybridized carbons (Fsp3) is 1.00. The number of azide groups is 1. The summed E-state index contributed by atoms with van der Waals surface area (Å²) in [6, 6.07) is 0. The first-order chi connectivity index (χ1) is 6.68. The highest BCUT2D eigenvalue weighted by molar-refractivity contribution is 7.51. The van der Waals surface area contributed by atoms with Crippen LogP contribution >= 0.6 is 7.75 Å². The molecule has 0 aromatic rings. The van der Waals surface area contributed by atoms with Crippen molar-refractivity contribution < 1.29 is 13.6 Å². The molecule has 8 heteroatoms. The van der Waals surface area contributed by atoms with Gasteiger partial charge in [0, 0.05) is 18.0 Å². The van der Waals surface area contributed by atoms with Gasteiger partial charge in [0.1, 0.15) is 0 Å². The number of hydrogen-bond donors (Lipinski definition) is 1. The molecule has 0 radical (unpaired) electrons. The Hall–Kier alpha value is -0.580. The Balaban J connectivity index is 3.95. The summed E-state index contributed by atoms with van der Waals surface area (Å²) in [7, 11) is -3.19. The molecule has 0 rings (SSSR count). The van der Waals surface area contributed by atoms with Gasteiger partial charge in [-0.05, 0) is 19.4 Å². The van der Waals surface area contributed by atoms with E-state index in [4.69, 9.17) is 14.6 Å². The van der Waals surface area contributed by atoms with Crippen LogP contribution in [0, 0.1) is 0 Å². The van der Waals surface area contributed by atoms with Crippen LogP contribution in [0.2, 0.25) is 0 Å². The summed E-state index contributed by atoms with van der Waals surface area (Å²) >= 11 is 0. The molecule has 0 unspecified atom stereocenters. The highest BCUT2D eigenvalue weighted by Gasteiger charge is 2.21. The first-order valence-electron chi connectivity index (χ1n) is 4.33. The van der Waals surface area contributed by atoms with Gasteiger partial charge in [0.25, 0.3) is 0 Å². The van der Waals surface area contributed by atoms with Crippen molar-refractivity contribution in [1.29, 1.82) is 0 Å². The fourth-order valence-electron chi connectivity index (χ4n) is 0.750. The van der Waals surface area contributed by atoms with Crippen molar-refractivity contribution in [1.82, 2.24) is 5.09 Å². The summed E-state index contributed by atoms with van der Waals surface area (Å²) in [6.45, 7) is 4.52. The molecule has 0 aromatic heterocycles.